The molecule has 1 aromatic carbocycles. The Morgan fingerprint density at radius 3 is 2.65 bits per heavy atom. The fourth-order valence-electron chi connectivity index (χ4n) is 1.33. The van der Waals surface area contributed by atoms with E-state index in [1.54, 1.807) is 26.0 Å². The molecule has 0 spiro atoms. The predicted octanol–water partition coefficient (Wildman–Crippen LogP) is 3.47. The normalized spacial score (nSPS) is 10.8. The maximum atomic E-state index is 12.0. The first kappa shape index (κ1) is 13.5. The number of rotatable bonds is 4. The molecule has 4 heteroatoms. The van der Waals surface area contributed by atoms with E-state index in [9.17, 15) is 4.79 Å². The van der Waals surface area contributed by atoms with Gasteiger partial charge in [0.25, 0.3) is 0 Å². The van der Waals surface area contributed by atoms with Crippen LogP contribution in [0.3, 0.4) is 0 Å². The second kappa shape index (κ2) is 5.20. The Labute approximate surface area is 106 Å². The Hall–Kier alpha value is -1.53. The van der Waals surface area contributed by atoms with Crippen LogP contribution >= 0.6 is 11.6 Å². The number of carbonyl (C=O) groups excluding carboxylic acids is 1. The summed E-state index contributed by atoms with van der Waals surface area (Å²) in [6.45, 7) is 5.53. The van der Waals surface area contributed by atoms with Crippen molar-refractivity contribution in [3.8, 4) is 11.8 Å². The molecule has 0 heterocycles. The minimum absolute atomic E-state index is 0.245. The van der Waals surface area contributed by atoms with Crippen LogP contribution in [0.4, 0.5) is 0 Å². The summed E-state index contributed by atoms with van der Waals surface area (Å²) in [5.74, 6) is 0.297. The zero-order chi connectivity index (χ0) is 13.1. The van der Waals surface area contributed by atoms with E-state index in [-0.39, 0.29) is 5.78 Å². The molecule has 0 amide bonds. The molecule has 1 aromatic rings. The summed E-state index contributed by atoms with van der Waals surface area (Å²) >= 11 is 5.99. The van der Waals surface area contributed by atoms with E-state index in [0.717, 1.165) is 0 Å². The molecule has 0 N–H and O–H groups in total. The van der Waals surface area contributed by atoms with Gasteiger partial charge in [0.2, 0.25) is 0 Å². The minimum Gasteiger partial charge on any atom is -0.492 e. The van der Waals surface area contributed by atoms with Crippen molar-refractivity contribution >= 4 is 17.4 Å². The standard InChI is InChI=1S/C13H14ClNO2/c1-4-17-11-6-5-9(7-10(11)14)12(16)13(2,3)8-15/h5-7H,4H2,1-3H3. The number of hydrogen-bond acceptors (Lipinski definition) is 3. The number of Topliss-reactive ketones (excluding diaryl/α,β-unsaturated/α-hetero) is 1. The molecular formula is C13H14ClNO2. The van der Waals surface area contributed by atoms with Gasteiger partial charge in [0.15, 0.2) is 5.78 Å². The molecule has 0 saturated heterocycles. The highest BCUT2D eigenvalue weighted by Gasteiger charge is 2.28. The number of nitrogens with zero attached hydrogens (tertiary/aromatic N) is 1. The summed E-state index contributed by atoms with van der Waals surface area (Å²) in [7, 11) is 0. The number of ether oxygens (including phenoxy) is 1. The van der Waals surface area contributed by atoms with Crippen LogP contribution in [0.15, 0.2) is 18.2 Å². The lowest BCUT2D eigenvalue weighted by Gasteiger charge is -2.14. The fraction of sp³-hybridized carbons (Fsp3) is 0.385. The Balaban J connectivity index is 3.07. The summed E-state index contributed by atoms with van der Waals surface area (Å²) in [4.78, 5) is 12.0. The second-order valence-electron chi connectivity index (χ2n) is 4.14. The van der Waals surface area contributed by atoms with E-state index in [4.69, 9.17) is 21.6 Å². The van der Waals surface area contributed by atoms with Gasteiger partial charge in [-0.2, -0.15) is 5.26 Å². The molecule has 0 bridgehead atoms. The molecule has 90 valence electrons. The zero-order valence-corrected chi connectivity index (χ0v) is 10.8. The molecule has 1 rings (SSSR count). The van der Waals surface area contributed by atoms with Crippen LogP contribution in [0.2, 0.25) is 5.02 Å². The first-order chi connectivity index (χ1) is 7.92. The Morgan fingerprint density at radius 1 is 1.53 bits per heavy atom. The van der Waals surface area contributed by atoms with Gasteiger partial charge < -0.3 is 4.74 Å². The molecule has 0 aliphatic rings. The highest BCUT2D eigenvalue weighted by atomic mass is 35.5. The van der Waals surface area contributed by atoms with Crippen molar-refractivity contribution in [2.24, 2.45) is 5.41 Å². The summed E-state index contributed by atoms with van der Waals surface area (Å²) in [5, 5.41) is 9.29. The van der Waals surface area contributed by atoms with Gasteiger partial charge in [-0.05, 0) is 39.0 Å². The first-order valence-electron chi connectivity index (χ1n) is 5.30. The van der Waals surface area contributed by atoms with Gasteiger partial charge in [0.1, 0.15) is 11.2 Å². The highest BCUT2D eigenvalue weighted by Crippen LogP contribution is 2.28. The Morgan fingerprint density at radius 2 is 2.18 bits per heavy atom. The fourth-order valence-corrected chi connectivity index (χ4v) is 1.56. The Bertz CT molecular complexity index is 475. The van der Waals surface area contributed by atoms with Gasteiger partial charge in [-0.25, -0.2) is 0 Å². The molecule has 0 aliphatic heterocycles. The SMILES string of the molecule is CCOc1ccc(C(=O)C(C)(C)C#N)cc1Cl. The summed E-state index contributed by atoms with van der Waals surface area (Å²) in [6, 6.07) is 6.78. The third kappa shape index (κ3) is 2.98. The number of nitriles is 1. The zero-order valence-electron chi connectivity index (χ0n) is 10.1. The van der Waals surface area contributed by atoms with Gasteiger partial charge in [0, 0.05) is 5.56 Å². The van der Waals surface area contributed by atoms with Crippen molar-refractivity contribution in [1.29, 1.82) is 5.26 Å². The number of halogens is 1. The smallest absolute Gasteiger partial charge is 0.182 e. The summed E-state index contributed by atoms with van der Waals surface area (Å²) in [5.41, 5.74) is -0.624. The van der Waals surface area contributed by atoms with Crippen LogP contribution in [-0.4, -0.2) is 12.4 Å². The number of carbonyl (C=O) groups is 1. The van der Waals surface area contributed by atoms with Crippen molar-refractivity contribution < 1.29 is 9.53 Å². The Kier molecular flexibility index (Phi) is 4.14. The molecular weight excluding hydrogens is 238 g/mol. The van der Waals surface area contributed by atoms with E-state index in [1.165, 1.54) is 6.07 Å². The number of ketones is 1. The average Bonchev–Trinajstić information content (AvgIpc) is 2.31. The highest BCUT2D eigenvalue weighted by molar-refractivity contribution is 6.32. The third-order valence-electron chi connectivity index (χ3n) is 2.34. The van der Waals surface area contributed by atoms with Crippen LogP contribution in [0.1, 0.15) is 31.1 Å². The molecule has 0 atom stereocenters. The largest absolute Gasteiger partial charge is 0.492 e. The average molecular weight is 252 g/mol. The van der Waals surface area contributed by atoms with Crippen LogP contribution < -0.4 is 4.74 Å². The first-order valence-corrected chi connectivity index (χ1v) is 5.68. The van der Waals surface area contributed by atoms with Crippen LogP contribution in [0.5, 0.6) is 5.75 Å². The molecule has 0 saturated carbocycles. The lowest BCUT2D eigenvalue weighted by atomic mass is 9.86. The van der Waals surface area contributed by atoms with Crippen LogP contribution in [-0.2, 0) is 0 Å². The predicted molar refractivity (Wildman–Crippen MR) is 66.3 cm³/mol. The van der Waals surface area contributed by atoms with E-state index in [1.807, 2.05) is 13.0 Å². The van der Waals surface area contributed by atoms with Gasteiger partial charge >= 0.3 is 0 Å². The molecule has 17 heavy (non-hydrogen) atoms. The lowest BCUT2D eigenvalue weighted by Crippen LogP contribution is -2.22. The van der Waals surface area contributed by atoms with E-state index < -0.39 is 5.41 Å². The second-order valence-corrected chi connectivity index (χ2v) is 4.55. The molecule has 0 unspecified atom stereocenters. The number of benzene rings is 1. The van der Waals surface area contributed by atoms with Gasteiger partial charge in [-0.1, -0.05) is 11.6 Å². The van der Waals surface area contributed by atoms with Crippen molar-refractivity contribution in [3.05, 3.63) is 28.8 Å². The molecule has 3 nitrogen and oxygen atoms in total. The number of hydrogen-bond donors (Lipinski definition) is 0. The van der Waals surface area contributed by atoms with Crippen molar-refractivity contribution in [2.75, 3.05) is 6.61 Å². The molecule has 0 radical (unpaired) electrons. The van der Waals surface area contributed by atoms with Gasteiger partial charge in [0.05, 0.1) is 17.7 Å². The topological polar surface area (TPSA) is 50.1 Å². The maximum Gasteiger partial charge on any atom is 0.182 e. The molecule has 0 aromatic heterocycles. The summed E-state index contributed by atoms with van der Waals surface area (Å²) < 4.78 is 5.28. The van der Waals surface area contributed by atoms with E-state index in [0.29, 0.717) is 22.9 Å². The van der Waals surface area contributed by atoms with Crippen LogP contribution in [0.25, 0.3) is 0 Å². The molecule has 0 aliphatic carbocycles. The van der Waals surface area contributed by atoms with Crippen LogP contribution in [0, 0.1) is 16.7 Å². The maximum absolute atomic E-state index is 12.0. The summed E-state index contributed by atoms with van der Waals surface area (Å²) in [6.07, 6.45) is 0. The minimum atomic E-state index is -1.05. The van der Waals surface area contributed by atoms with E-state index >= 15 is 0 Å². The lowest BCUT2D eigenvalue weighted by molar-refractivity contribution is 0.0892. The quantitative estimate of drug-likeness (QED) is 0.770. The van der Waals surface area contributed by atoms with Crippen molar-refractivity contribution in [3.63, 3.8) is 0 Å². The third-order valence-corrected chi connectivity index (χ3v) is 2.64. The van der Waals surface area contributed by atoms with Gasteiger partial charge in [-0.15, -0.1) is 0 Å². The van der Waals surface area contributed by atoms with Crippen molar-refractivity contribution in [1.82, 2.24) is 0 Å². The van der Waals surface area contributed by atoms with E-state index in [2.05, 4.69) is 0 Å². The molecule has 0 fully saturated rings. The van der Waals surface area contributed by atoms with Crippen molar-refractivity contribution in [2.45, 2.75) is 20.8 Å². The van der Waals surface area contributed by atoms with Gasteiger partial charge in [-0.3, -0.25) is 4.79 Å². The monoisotopic (exact) mass is 251 g/mol.